The van der Waals surface area contributed by atoms with Crippen molar-refractivity contribution in [2.24, 2.45) is 0 Å². The summed E-state index contributed by atoms with van der Waals surface area (Å²) in [5.41, 5.74) is 4.00. The Hall–Kier alpha value is -2.61. The summed E-state index contributed by atoms with van der Waals surface area (Å²) in [7, 11) is 0. The van der Waals surface area contributed by atoms with Crippen LogP contribution in [0.3, 0.4) is 0 Å². The number of aryl methyl sites for hydroxylation is 1. The Morgan fingerprint density at radius 2 is 1.65 bits per heavy atom. The molecule has 96 valence electrons. The SMILES string of the molecule is Cc1ccc(-c2nc3ccc4ccccc4c3o2)cc1. The maximum absolute atomic E-state index is 6.00. The van der Waals surface area contributed by atoms with E-state index in [1.807, 2.05) is 30.3 Å². The van der Waals surface area contributed by atoms with Gasteiger partial charge in [-0.25, -0.2) is 4.98 Å². The van der Waals surface area contributed by atoms with E-state index >= 15 is 0 Å². The second-order valence-corrected chi connectivity index (χ2v) is 5.02. The maximum atomic E-state index is 6.00. The summed E-state index contributed by atoms with van der Waals surface area (Å²) < 4.78 is 6.00. The van der Waals surface area contributed by atoms with E-state index in [9.17, 15) is 0 Å². The number of aromatic nitrogens is 1. The van der Waals surface area contributed by atoms with Crippen molar-refractivity contribution < 1.29 is 4.42 Å². The molecular formula is C18H13NO. The van der Waals surface area contributed by atoms with Gasteiger partial charge in [0.1, 0.15) is 5.52 Å². The zero-order valence-electron chi connectivity index (χ0n) is 11.1. The van der Waals surface area contributed by atoms with Crippen LogP contribution in [0.1, 0.15) is 5.56 Å². The molecule has 1 heterocycles. The Bertz CT molecular complexity index is 904. The third kappa shape index (κ3) is 1.69. The van der Waals surface area contributed by atoms with E-state index in [2.05, 4.69) is 42.2 Å². The first-order valence-electron chi connectivity index (χ1n) is 6.66. The van der Waals surface area contributed by atoms with Crippen LogP contribution in [-0.4, -0.2) is 4.98 Å². The fourth-order valence-corrected chi connectivity index (χ4v) is 2.48. The van der Waals surface area contributed by atoms with E-state index in [1.54, 1.807) is 0 Å². The van der Waals surface area contributed by atoms with Crippen molar-refractivity contribution in [3.63, 3.8) is 0 Å². The minimum absolute atomic E-state index is 0.677. The predicted molar refractivity (Wildman–Crippen MR) is 81.7 cm³/mol. The highest BCUT2D eigenvalue weighted by Gasteiger charge is 2.10. The molecule has 3 aromatic carbocycles. The zero-order valence-corrected chi connectivity index (χ0v) is 11.1. The van der Waals surface area contributed by atoms with E-state index in [1.165, 1.54) is 10.9 Å². The van der Waals surface area contributed by atoms with Crippen LogP contribution in [0.25, 0.3) is 33.3 Å². The number of hydrogen-bond acceptors (Lipinski definition) is 2. The molecule has 0 amide bonds. The summed E-state index contributed by atoms with van der Waals surface area (Å²) in [4.78, 5) is 4.60. The lowest BCUT2D eigenvalue weighted by molar-refractivity contribution is 0.623. The Balaban J connectivity index is 1.98. The van der Waals surface area contributed by atoms with Gasteiger partial charge in [0.25, 0.3) is 0 Å². The van der Waals surface area contributed by atoms with Crippen LogP contribution in [0.2, 0.25) is 0 Å². The molecule has 0 fully saturated rings. The highest BCUT2D eigenvalue weighted by atomic mass is 16.3. The molecule has 0 bridgehead atoms. The first-order chi connectivity index (χ1) is 9.81. The van der Waals surface area contributed by atoms with Gasteiger partial charge in [-0.1, -0.05) is 48.0 Å². The Morgan fingerprint density at radius 3 is 2.50 bits per heavy atom. The lowest BCUT2D eigenvalue weighted by Crippen LogP contribution is -1.77. The summed E-state index contributed by atoms with van der Waals surface area (Å²) in [6.45, 7) is 2.07. The Kier molecular flexibility index (Phi) is 2.36. The van der Waals surface area contributed by atoms with Crippen molar-refractivity contribution in [1.82, 2.24) is 4.98 Å². The molecule has 0 spiro atoms. The third-order valence-corrected chi connectivity index (χ3v) is 3.58. The summed E-state index contributed by atoms with van der Waals surface area (Å²) >= 11 is 0. The molecule has 0 atom stereocenters. The smallest absolute Gasteiger partial charge is 0.227 e. The molecule has 2 heteroatoms. The molecule has 1 aromatic heterocycles. The number of rotatable bonds is 1. The van der Waals surface area contributed by atoms with Crippen molar-refractivity contribution in [2.45, 2.75) is 6.92 Å². The molecule has 0 aliphatic rings. The van der Waals surface area contributed by atoms with Crippen molar-refractivity contribution in [2.75, 3.05) is 0 Å². The van der Waals surface area contributed by atoms with Gasteiger partial charge in [-0.15, -0.1) is 0 Å². The molecule has 4 rings (SSSR count). The normalized spacial score (nSPS) is 11.2. The maximum Gasteiger partial charge on any atom is 0.227 e. The van der Waals surface area contributed by atoms with E-state index in [-0.39, 0.29) is 0 Å². The van der Waals surface area contributed by atoms with Crippen LogP contribution in [0.4, 0.5) is 0 Å². The zero-order chi connectivity index (χ0) is 13.5. The lowest BCUT2D eigenvalue weighted by atomic mass is 10.1. The number of benzene rings is 3. The molecule has 20 heavy (non-hydrogen) atoms. The molecular weight excluding hydrogens is 246 g/mol. The molecule has 0 aliphatic heterocycles. The second-order valence-electron chi connectivity index (χ2n) is 5.02. The molecule has 0 radical (unpaired) electrons. The molecule has 0 unspecified atom stereocenters. The fraction of sp³-hybridized carbons (Fsp3) is 0.0556. The molecule has 0 aliphatic carbocycles. The standard InChI is InChI=1S/C18H13NO/c1-12-6-8-14(9-7-12)18-19-16-11-10-13-4-2-3-5-15(13)17(16)20-18/h2-11H,1H3. The summed E-state index contributed by atoms with van der Waals surface area (Å²) in [5, 5.41) is 2.28. The van der Waals surface area contributed by atoms with Crippen molar-refractivity contribution in [1.29, 1.82) is 0 Å². The highest BCUT2D eigenvalue weighted by Crippen LogP contribution is 2.29. The van der Waals surface area contributed by atoms with Crippen LogP contribution in [-0.2, 0) is 0 Å². The van der Waals surface area contributed by atoms with Crippen LogP contribution in [0, 0.1) is 6.92 Å². The first-order valence-corrected chi connectivity index (χ1v) is 6.66. The van der Waals surface area contributed by atoms with Gasteiger partial charge in [0.05, 0.1) is 0 Å². The molecule has 0 N–H and O–H groups in total. The van der Waals surface area contributed by atoms with E-state index in [4.69, 9.17) is 4.42 Å². The van der Waals surface area contributed by atoms with Gasteiger partial charge in [0.2, 0.25) is 5.89 Å². The highest BCUT2D eigenvalue weighted by molar-refractivity contribution is 6.03. The fourth-order valence-electron chi connectivity index (χ4n) is 2.48. The quantitative estimate of drug-likeness (QED) is 0.483. The predicted octanol–water partition coefficient (Wildman–Crippen LogP) is 4.96. The van der Waals surface area contributed by atoms with Crippen molar-refractivity contribution in [3.8, 4) is 11.5 Å². The summed E-state index contributed by atoms with van der Waals surface area (Å²) in [6, 6.07) is 20.5. The molecule has 0 saturated heterocycles. The Labute approximate surface area is 116 Å². The number of nitrogens with zero attached hydrogens (tertiary/aromatic N) is 1. The lowest BCUT2D eigenvalue weighted by Gasteiger charge is -1.96. The van der Waals surface area contributed by atoms with E-state index in [0.717, 1.165) is 22.0 Å². The van der Waals surface area contributed by atoms with Crippen molar-refractivity contribution >= 4 is 21.9 Å². The minimum atomic E-state index is 0.677. The average molecular weight is 259 g/mol. The van der Waals surface area contributed by atoms with Crippen LogP contribution in [0.15, 0.2) is 65.1 Å². The largest absolute Gasteiger partial charge is 0.435 e. The number of fused-ring (bicyclic) bond motifs is 3. The van der Waals surface area contributed by atoms with Gasteiger partial charge in [-0.3, -0.25) is 0 Å². The molecule has 0 saturated carbocycles. The summed E-state index contributed by atoms with van der Waals surface area (Å²) in [6.07, 6.45) is 0. The van der Waals surface area contributed by atoms with Gasteiger partial charge < -0.3 is 4.42 Å². The minimum Gasteiger partial charge on any atom is -0.435 e. The third-order valence-electron chi connectivity index (χ3n) is 3.58. The van der Waals surface area contributed by atoms with Crippen LogP contribution < -0.4 is 0 Å². The monoisotopic (exact) mass is 259 g/mol. The van der Waals surface area contributed by atoms with Crippen molar-refractivity contribution in [3.05, 3.63) is 66.2 Å². The van der Waals surface area contributed by atoms with Gasteiger partial charge in [-0.05, 0) is 30.5 Å². The van der Waals surface area contributed by atoms with Gasteiger partial charge in [-0.2, -0.15) is 0 Å². The van der Waals surface area contributed by atoms with Crippen LogP contribution >= 0.6 is 0 Å². The average Bonchev–Trinajstić information content (AvgIpc) is 2.92. The Morgan fingerprint density at radius 1 is 0.850 bits per heavy atom. The number of hydrogen-bond donors (Lipinski definition) is 0. The van der Waals surface area contributed by atoms with Gasteiger partial charge in [0, 0.05) is 10.9 Å². The van der Waals surface area contributed by atoms with Gasteiger partial charge in [0.15, 0.2) is 5.58 Å². The number of oxazole rings is 1. The molecule has 4 aromatic rings. The van der Waals surface area contributed by atoms with Gasteiger partial charge >= 0.3 is 0 Å². The first kappa shape index (κ1) is 11.2. The van der Waals surface area contributed by atoms with E-state index in [0.29, 0.717) is 5.89 Å². The van der Waals surface area contributed by atoms with Crippen LogP contribution in [0.5, 0.6) is 0 Å². The summed E-state index contributed by atoms with van der Waals surface area (Å²) in [5.74, 6) is 0.677. The molecule has 2 nitrogen and oxygen atoms in total. The second kappa shape index (κ2) is 4.20. The topological polar surface area (TPSA) is 26.0 Å². The van der Waals surface area contributed by atoms with E-state index < -0.39 is 0 Å².